The average Bonchev–Trinajstić information content (AvgIpc) is 3.11. The van der Waals surface area contributed by atoms with E-state index in [9.17, 15) is 0 Å². The van der Waals surface area contributed by atoms with Crippen molar-refractivity contribution in [2.24, 2.45) is 0 Å². The summed E-state index contributed by atoms with van der Waals surface area (Å²) in [5.41, 5.74) is 1.99. The Kier molecular flexibility index (Phi) is 4.44. The van der Waals surface area contributed by atoms with Gasteiger partial charge in [-0.15, -0.1) is 5.10 Å². The second-order valence-electron chi connectivity index (χ2n) is 7.03. The average molecular weight is 366 g/mol. The van der Waals surface area contributed by atoms with Crippen LogP contribution in [0.15, 0.2) is 42.7 Å². The van der Waals surface area contributed by atoms with Crippen molar-refractivity contribution in [3.05, 3.63) is 48.4 Å². The second-order valence-corrected chi connectivity index (χ2v) is 7.03. The summed E-state index contributed by atoms with van der Waals surface area (Å²) < 4.78 is 12.9. The summed E-state index contributed by atoms with van der Waals surface area (Å²) in [5.74, 6) is 1.17. The Hall–Kier alpha value is -2.55. The molecule has 0 atom stereocenters. The molecule has 2 aliphatic rings. The molecule has 0 unspecified atom stereocenters. The lowest BCUT2D eigenvalue weighted by atomic mass is 10.2. The molecule has 27 heavy (non-hydrogen) atoms. The second kappa shape index (κ2) is 7.22. The molecule has 2 aliphatic heterocycles. The van der Waals surface area contributed by atoms with Crippen LogP contribution in [0.3, 0.4) is 0 Å². The number of nitrogens with zero attached hydrogens (tertiary/aromatic N) is 6. The Bertz CT molecular complexity index is 900. The van der Waals surface area contributed by atoms with E-state index in [0.717, 1.165) is 57.1 Å². The molecule has 3 aromatic heterocycles. The van der Waals surface area contributed by atoms with Crippen LogP contribution in [0.4, 0.5) is 0 Å². The Morgan fingerprint density at radius 2 is 1.89 bits per heavy atom. The topological polar surface area (TPSA) is 68.0 Å². The van der Waals surface area contributed by atoms with Gasteiger partial charge in [0.2, 0.25) is 5.88 Å². The highest BCUT2D eigenvalue weighted by Crippen LogP contribution is 2.20. The number of aromatic nitrogens is 4. The van der Waals surface area contributed by atoms with E-state index in [1.54, 1.807) is 10.7 Å². The minimum absolute atomic E-state index is 0.486. The molecule has 0 N–H and O–H groups in total. The van der Waals surface area contributed by atoms with Gasteiger partial charge in [0.05, 0.1) is 36.7 Å². The lowest BCUT2D eigenvalue weighted by Crippen LogP contribution is -2.56. The predicted octanol–water partition coefficient (Wildman–Crippen LogP) is 1.43. The zero-order valence-electron chi connectivity index (χ0n) is 15.1. The van der Waals surface area contributed by atoms with Crippen LogP contribution in [0.1, 0.15) is 5.69 Å². The molecule has 0 bridgehead atoms. The minimum atomic E-state index is 0.486. The van der Waals surface area contributed by atoms with Gasteiger partial charge >= 0.3 is 0 Å². The quantitative estimate of drug-likeness (QED) is 0.677. The van der Waals surface area contributed by atoms with Crippen molar-refractivity contribution < 1.29 is 9.47 Å². The van der Waals surface area contributed by atoms with Crippen molar-refractivity contribution in [3.8, 4) is 11.6 Å². The Labute approximate surface area is 157 Å². The Morgan fingerprint density at radius 3 is 2.63 bits per heavy atom. The fourth-order valence-electron chi connectivity index (χ4n) is 3.51. The van der Waals surface area contributed by atoms with E-state index in [1.165, 1.54) is 0 Å². The van der Waals surface area contributed by atoms with Crippen molar-refractivity contribution in [2.75, 3.05) is 39.4 Å². The highest BCUT2D eigenvalue weighted by Gasteiger charge is 2.28. The summed E-state index contributed by atoms with van der Waals surface area (Å²) in [6.07, 6.45) is 3.59. The first-order chi connectivity index (χ1) is 13.3. The number of ether oxygens (including phenoxy) is 2. The molecule has 2 fully saturated rings. The van der Waals surface area contributed by atoms with Gasteiger partial charge in [-0.1, -0.05) is 0 Å². The monoisotopic (exact) mass is 366 g/mol. The first-order valence-corrected chi connectivity index (χ1v) is 9.31. The summed E-state index contributed by atoms with van der Waals surface area (Å²) in [4.78, 5) is 4.95. The van der Waals surface area contributed by atoms with Gasteiger partial charge in [0.1, 0.15) is 5.75 Å². The predicted molar refractivity (Wildman–Crippen MR) is 98.8 cm³/mol. The number of rotatable bonds is 5. The minimum Gasteiger partial charge on any atom is -0.436 e. The van der Waals surface area contributed by atoms with E-state index in [4.69, 9.17) is 9.47 Å². The molecule has 140 valence electrons. The van der Waals surface area contributed by atoms with E-state index < -0.39 is 0 Å². The van der Waals surface area contributed by atoms with Crippen LogP contribution in [0.5, 0.6) is 11.6 Å². The first-order valence-electron chi connectivity index (χ1n) is 9.31. The van der Waals surface area contributed by atoms with E-state index in [1.807, 2.05) is 36.5 Å². The molecule has 5 heterocycles. The molecule has 0 radical (unpaired) electrons. The van der Waals surface area contributed by atoms with Gasteiger partial charge in [-0.3, -0.25) is 9.80 Å². The van der Waals surface area contributed by atoms with E-state index >= 15 is 0 Å². The summed E-state index contributed by atoms with van der Waals surface area (Å²) in [7, 11) is 0. The zero-order chi connectivity index (χ0) is 18.1. The first kappa shape index (κ1) is 16.6. The molecule has 2 saturated heterocycles. The normalized spacial score (nSPS) is 19.3. The Morgan fingerprint density at radius 1 is 1.00 bits per heavy atom. The lowest BCUT2D eigenvalue weighted by Gasteiger charge is -2.42. The van der Waals surface area contributed by atoms with E-state index in [2.05, 4.69) is 25.1 Å². The van der Waals surface area contributed by atoms with E-state index in [-0.39, 0.29) is 0 Å². The molecular weight excluding hydrogens is 344 g/mol. The van der Waals surface area contributed by atoms with Gasteiger partial charge in [-0.2, -0.15) is 10.2 Å². The van der Waals surface area contributed by atoms with Gasteiger partial charge in [0, 0.05) is 45.0 Å². The van der Waals surface area contributed by atoms with Crippen LogP contribution in [0, 0.1) is 0 Å². The van der Waals surface area contributed by atoms with Crippen LogP contribution in [-0.2, 0) is 11.3 Å². The van der Waals surface area contributed by atoms with Crippen LogP contribution in [-0.4, -0.2) is 75.0 Å². The van der Waals surface area contributed by atoms with Crippen LogP contribution in [0.25, 0.3) is 5.52 Å². The number of hydrogen-bond donors (Lipinski definition) is 0. The van der Waals surface area contributed by atoms with Crippen LogP contribution < -0.4 is 4.74 Å². The maximum Gasteiger partial charge on any atom is 0.238 e. The van der Waals surface area contributed by atoms with E-state index in [0.29, 0.717) is 17.7 Å². The molecule has 0 spiro atoms. The van der Waals surface area contributed by atoms with Crippen LogP contribution in [0.2, 0.25) is 0 Å². The molecule has 0 aliphatic carbocycles. The van der Waals surface area contributed by atoms with Gasteiger partial charge in [0.25, 0.3) is 0 Å². The summed E-state index contributed by atoms with van der Waals surface area (Å²) in [6, 6.07) is 10.3. The van der Waals surface area contributed by atoms with Gasteiger partial charge in [-0.05, 0) is 24.3 Å². The number of hydrogen-bond acceptors (Lipinski definition) is 7. The fourth-order valence-corrected chi connectivity index (χ4v) is 3.51. The summed E-state index contributed by atoms with van der Waals surface area (Å²) in [5, 5.41) is 12.8. The SMILES string of the molecule is c1cc2ccc(Oc3ccc(CN4CCN(C5COC5)CC4)nn3)cn2n1. The van der Waals surface area contributed by atoms with Crippen LogP contribution >= 0.6 is 0 Å². The van der Waals surface area contributed by atoms with Crippen molar-refractivity contribution >= 4 is 5.52 Å². The van der Waals surface area contributed by atoms with Crippen molar-refractivity contribution in [1.29, 1.82) is 0 Å². The third-order valence-electron chi connectivity index (χ3n) is 5.22. The van der Waals surface area contributed by atoms with Gasteiger partial charge in [-0.25, -0.2) is 4.52 Å². The third-order valence-corrected chi connectivity index (χ3v) is 5.22. The molecule has 0 saturated carbocycles. The van der Waals surface area contributed by atoms with Gasteiger partial charge < -0.3 is 9.47 Å². The lowest BCUT2D eigenvalue weighted by molar-refractivity contribution is -0.0774. The molecule has 5 rings (SSSR count). The summed E-state index contributed by atoms with van der Waals surface area (Å²) in [6.45, 7) is 6.90. The molecule has 8 heteroatoms. The van der Waals surface area contributed by atoms with Crippen molar-refractivity contribution in [2.45, 2.75) is 12.6 Å². The zero-order valence-corrected chi connectivity index (χ0v) is 15.1. The molecule has 0 aromatic carbocycles. The maximum atomic E-state index is 5.79. The highest BCUT2D eigenvalue weighted by atomic mass is 16.5. The fraction of sp³-hybridized carbons (Fsp3) is 0.421. The number of fused-ring (bicyclic) bond motifs is 1. The smallest absolute Gasteiger partial charge is 0.238 e. The Balaban J connectivity index is 1.16. The third kappa shape index (κ3) is 3.64. The molecule has 3 aromatic rings. The number of piperazine rings is 1. The molecular formula is C19H22N6O2. The van der Waals surface area contributed by atoms with Gasteiger partial charge in [0.15, 0.2) is 0 Å². The maximum absolute atomic E-state index is 5.79. The van der Waals surface area contributed by atoms with Crippen molar-refractivity contribution in [1.82, 2.24) is 29.6 Å². The standard InChI is InChI=1S/C19H22N6O2/c1-4-19(27-18-3-2-16-5-6-20-25(16)12-18)22-21-15(1)11-23-7-9-24(10-8-23)17-13-26-14-17/h1-6,12,17H,7-11,13-14H2. The number of pyridine rings is 1. The molecule has 8 nitrogen and oxygen atoms in total. The van der Waals surface area contributed by atoms with Crippen molar-refractivity contribution in [3.63, 3.8) is 0 Å². The summed E-state index contributed by atoms with van der Waals surface area (Å²) >= 11 is 0. The largest absolute Gasteiger partial charge is 0.436 e. The molecule has 0 amide bonds. The highest BCUT2D eigenvalue weighted by molar-refractivity contribution is 5.47.